The number of hydrogen-bond donors (Lipinski definition) is 4. The number of halogens is 1. The van der Waals surface area contributed by atoms with Gasteiger partial charge in [0.1, 0.15) is 29.4 Å². The van der Waals surface area contributed by atoms with Crippen LogP contribution in [0.25, 0.3) is 11.1 Å². The summed E-state index contributed by atoms with van der Waals surface area (Å²) in [5, 5.41) is 19.0. The third-order valence-corrected chi connectivity index (χ3v) is 4.47. The molecule has 0 bridgehead atoms. The number of nitrogens with one attached hydrogen (secondary N) is 1. The Labute approximate surface area is 174 Å². The Morgan fingerprint density at radius 1 is 1.06 bits per heavy atom. The van der Waals surface area contributed by atoms with Crippen LogP contribution in [0.2, 0.25) is 0 Å². The molecule has 160 valence electrons. The maximum absolute atomic E-state index is 13.8. The van der Waals surface area contributed by atoms with Crippen LogP contribution in [0.1, 0.15) is 26.3 Å². The van der Waals surface area contributed by atoms with Crippen molar-refractivity contribution in [3.63, 3.8) is 0 Å². The molecule has 3 rings (SSSR count). The largest absolute Gasteiger partial charge is 0.493 e. The topological polar surface area (TPSA) is 152 Å². The highest BCUT2D eigenvalue weighted by atomic mass is 19.1. The maximum atomic E-state index is 13.8. The quantitative estimate of drug-likeness (QED) is 0.448. The summed E-state index contributed by atoms with van der Waals surface area (Å²) in [6.07, 6.45) is 0. The van der Waals surface area contributed by atoms with E-state index >= 15 is 0 Å². The Morgan fingerprint density at radius 2 is 1.74 bits per heavy atom. The number of carboxylic acid groups (broad SMARTS) is 2. The van der Waals surface area contributed by atoms with Gasteiger partial charge in [-0.1, -0.05) is 24.3 Å². The van der Waals surface area contributed by atoms with Crippen molar-refractivity contribution in [3.05, 3.63) is 75.3 Å². The third-order valence-electron chi connectivity index (χ3n) is 4.47. The van der Waals surface area contributed by atoms with Crippen molar-refractivity contribution >= 4 is 17.8 Å². The highest BCUT2D eigenvalue weighted by Gasteiger charge is 2.27. The number of nitrogens with two attached hydrogens (primary N) is 1. The summed E-state index contributed by atoms with van der Waals surface area (Å²) < 4.78 is 24.7. The lowest BCUT2D eigenvalue weighted by Crippen LogP contribution is -2.24. The number of aromatic carboxylic acids is 2. The summed E-state index contributed by atoms with van der Waals surface area (Å²) in [4.78, 5) is 37.6. The molecule has 0 saturated heterocycles. The van der Waals surface area contributed by atoms with Crippen molar-refractivity contribution in [2.24, 2.45) is 0 Å². The molecule has 0 radical (unpaired) electrons. The summed E-state index contributed by atoms with van der Waals surface area (Å²) in [6, 6.07) is 10.1. The fourth-order valence-electron chi connectivity index (χ4n) is 3.05. The van der Waals surface area contributed by atoms with Crippen LogP contribution in [0.15, 0.2) is 47.3 Å². The van der Waals surface area contributed by atoms with Crippen LogP contribution >= 0.6 is 0 Å². The zero-order valence-corrected chi connectivity index (χ0v) is 16.1. The summed E-state index contributed by atoms with van der Waals surface area (Å²) in [6.45, 7) is -0.110. The first-order chi connectivity index (χ1) is 14.7. The summed E-state index contributed by atoms with van der Waals surface area (Å²) in [5.41, 5.74) is 3.22. The van der Waals surface area contributed by atoms with Crippen molar-refractivity contribution in [1.82, 2.24) is 4.98 Å². The van der Waals surface area contributed by atoms with E-state index in [-0.39, 0.29) is 29.2 Å². The molecule has 3 aromatic rings. The molecule has 0 unspecified atom stereocenters. The monoisotopic (exact) mass is 428 g/mol. The molecule has 1 heterocycles. The van der Waals surface area contributed by atoms with Gasteiger partial charge in [0, 0.05) is 11.1 Å². The highest BCUT2D eigenvalue weighted by molar-refractivity contribution is 6.07. The standard InChI is InChI=1S/C21H17FN2O7/c1-30-14-8-10(6-7-13(14)31-9-11-4-2-3-5-12(11)22)15-16(20(26)27)18(23)24-19(25)17(15)21(28)29/h2-8H,9H2,1H3,(H,26,27)(H,28,29)(H3,23,24,25). The molecule has 0 aliphatic carbocycles. The molecule has 0 fully saturated rings. The number of anilines is 1. The lowest BCUT2D eigenvalue weighted by molar-refractivity contribution is 0.0695. The van der Waals surface area contributed by atoms with Gasteiger partial charge in [-0.25, -0.2) is 14.0 Å². The molecule has 0 atom stereocenters. The van der Waals surface area contributed by atoms with E-state index < -0.39 is 40.3 Å². The van der Waals surface area contributed by atoms with Gasteiger partial charge in [-0.05, 0) is 23.8 Å². The van der Waals surface area contributed by atoms with Gasteiger partial charge in [0.25, 0.3) is 5.56 Å². The lowest BCUT2D eigenvalue weighted by Gasteiger charge is -2.15. The Morgan fingerprint density at radius 3 is 2.35 bits per heavy atom. The van der Waals surface area contributed by atoms with Gasteiger partial charge in [-0.2, -0.15) is 0 Å². The Hall–Kier alpha value is -4.34. The number of rotatable bonds is 7. The number of H-pyrrole nitrogens is 1. The fourth-order valence-corrected chi connectivity index (χ4v) is 3.05. The Balaban J connectivity index is 2.11. The predicted octanol–water partition coefficient (Wildman–Crippen LogP) is 2.75. The van der Waals surface area contributed by atoms with Gasteiger partial charge in [0.05, 0.1) is 7.11 Å². The minimum Gasteiger partial charge on any atom is -0.493 e. The second-order valence-electron chi connectivity index (χ2n) is 6.35. The molecule has 0 spiro atoms. The minimum atomic E-state index is -1.63. The average Bonchev–Trinajstić information content (AvgIpc) is 2.71. The number of nitrogen functional groups attached to an aromatic ring is 1. The van der Waals surface area contributed by atoms with Crippen LogP contribution in [-0.4, -0.2) is 34.2 Å². The smallest absolute Gasteiger partial charge is 0.342 e. The number of ether oxygens (including phenoxy) is 2. The Bertz CT molecular complexity index is 1240. The van der Waals surface area contributed by atoms with Crippen LogP contribution in [0.4, 0.5) is 10.2 Å². The maximum Gasteiger partial charge on any atom is 0.342 e. The van der Waals surface area contributed by atoms with Crippen LogP contribution in [0.5, 0.6) is 11.5 Å². The van der Waals surface area contributed by atoms with E-state index in [9.17, 15) is 29.0 Å². The normalized spacial score (nSPS) is 10.5. The van der Waals surface area contributed by atoms with Crippen LogP contribution in [0, 0.1) is 5.82 Å². The molecule has 10 heteroatoms. The van der Waals surface area contributed by atoms with E-state index in [0.29, 0.717) is 5.56 Å². The van der Waals surface area contributed by atoms with E-state index in [1.165, 1.54) is 31.4 Å². The first-order valence-corrected chi connectivity index (χ1v) is 8.81. The molecule has 2 aromatic carbocycles. The molecular weight excluding hydrogens is 411 g/mol. The van der Waals surface area contributed by atoms with Gasteiger partial charge in [0.2, 0.25) is 0 Å². The molecule has 0 amide bonds. The van der Waals surface area contributed by atoms with E-state index in [1.54, 1.807) is 18.2 Å². The van der Waals surface area contributed by atoms with Crippen molar-refractivity contribution in [2.45, 2.75) is 6.61 Å². The number of methoxy groups -OCH3 is 1. The van der Waals surface area contributed by atoms with Crippen molar-refractivity contribution in [3.8, 4) is 22.6 Å². The van der Waals surface area contributed by atoms with Gasteiger partial charge >= 0.3 is 11.9 Å². The molecule has 9 nitrogen and oxygen atoms in total. The second-order valence-corrected chi connectivity index (χ2v) is 6.35. The molecule has 1 aromatic heterocycles. The third kappa shape index (κ3) is 4.17. The van der Waals surface area contributed by atoms with Crippen LogP contribution in [0.3, 0.4) is 0 Å². The number of benzene rings is 2. The zero-order chi connectivity index (χ0) is 22.7. The summed E-state index contributed by atoms with van der Waals surface area (Å²) in [5.74, 6) is -3.78. The highest BCUT2D eigenvalue weighted by Crippen LogP contribution is 2.36. The SMILES string of the molecule is COc1cc(-c2c(C(=O)O)c(N)[nH]c(=O)c2C(=O)O)ccc1OCc1ccccc1F. The van der Waals surface area contributed by atoms with Crippen molar-refractivity contribution < 1.29 is 33.7 Å². The van der Waals surface area contributed by atoms with Gasteiger partial charge in [-0.3, -0.25) is 4.79 Å². The number of aromatic amines is 1. The first-order valence-electron chi connectivity index (χ1n) is 8.81. The number of carbonyl (C=O) groups is 2. The number of pyridine rings is 1. The predicted molar refractivity (Wildman–Crippen MR) is 108 cm³/mol. The summed E-state index contributed by atoms with van der Waals surface area (Å²) in [7, 11) is 1.32. The second kappa shape index (κ2) is 8.57. The van der Waals surface area contributed by atoms with E-state index in [2.05, 4.69) is 0 Å². The Kier molecular flexibility index (Phi) is 5.91. The molecule has 0 aliphatic heterocycles. The zero-order valence-electron chi connectivity index (χ0n) is 16.1. The van der Waals surface area contributed by atoms with Gasteiger partial charge in [0.15, 0.2) is 11.5 Å². The van der Waals surface area contributed by atoms with Gasteiger partial charge in [-0.15, -0.1) is 0 Å². The van der Waals surface area contributed by atoms with Gasteiger partial charge < -0.3 is 30.4 Å². The lowest BCUT2D eigenvalue weighted by atomic mass is 9.95. The van der Waals surface area contributed by atoms with E-state index in [4.69, 9.17) is 15.2 Å². The van der Waals surface area contributed by atoms with Crippen molar-refractivity contribution in [1.29, 1.82) is 0 Å². The van der Waals surface area contributed by atoms with Crippen LogP contribution < -0.4 is 20.8 Å². The number of carboxylic acids is 2. The van der Waals surface area contributed by atoms with Crippen LogP contribution in [-0.2, 0) is 6.61 Å². The molecular formula is C21H17FN2O7. The molecule has 31 heavy (non-hydrogen) atoms. The molecule has 0 saturated carbocycles. The first kappa shape index (κ1) is 21.4. The van der Waals surface area contributed by atoms with E-state index in [1.807, 2.05) is 4.98 Å². The average molecular weight is 428 g/mol. The van der Waals surface area contributed by atoms with Crippen molar-refractivity contribution in [2.75, 3.05) is 12.8 Å². The molecule has 5 N–H and O–H groups in total. The minimum absolute atomic E-state index is 0.0580. The number of hydrogen-bond acceptors (Lipinski definition) is 6. The van der Waals surface area contributed by atoms with E-state index in [0.717, 1.165) is 0 Å². The number of aromatic nitrogens is 1. The fraction of sp³-hybridized carbons (Fsp3) is 0.0952. The molecule has 0 aliphatic rings. The summed E-state index contributed by atoms with van der Waals surface area (Å²) >= 11 is 0.